The number of Topliss-reactive ketones (excluding diaryl/α,β-unsaturated/α-hetero) is 1. The molecule has 0 aliphatic rings. The highest BCUT2D eigenvalue weighted by Gasteiger charge is 2.13. The molecule has 0 saturated carbocycles. The van der Waals surface area contributed by atoms with Crippen LogP contribution in [0.3, 0.4) is 0 Å². The molecule has 0 fully saturated rings. The lowest BCUT2D eigenvalue weighted by molar-refractivity contribution is 0.0990. The SMILES string of the molecule is CCCCCCCCCCCCn1cc(COc2ccc(C(=O)Cc3ccccc3)c(O)c2)nn1. The smallest absolute Gasteiger partial charge is 0.170 e. The van der Waals surface area contributed by atoms with Gasteiger partial charge in [-0.05, 0) is 24.1 Å². The first-order valence-electron chi connectivity index (χ1n) is 13.1. The van der Waals surface area contributed by atoms with Crippen LogP contribution in [0.4, 0.5) is 0 Å². The fourth-order valence-electron chi connectivity index (χ4n) is 4.15. The molecule has 3 rings (SSSR count). The number of benzene rings is 2. The molecule has 35 heavy (non-hydrogen) atoms. The van der Waals surface area contributed by atoms with E-state index in [-0.39, 0.29) is 24.6 Å². The number of unbranched alkanes of at least 4 members (excludes halogenated alkanes) is 9. The third-order valence-corrected chi connectivity index (χ3v) is 6.19. The largest absolute Gasteiger partial charge is 0.507 e. The Hall–Kier alpha value is -3.15. The predicted molar refractivity (Wildman–Crippen MR) is 139 cm³/mol. The molecule has 6 heteroatoms. The van der Waals surface area contributed by atoms with E-state index in [9.17, 15) is 9.90 Å². The van der Waals surface area contributed by atoms with Crippen molar-refractivity contribution < 1.29 is 14.6 Å². The van der Waals surface area contributed by atoms with Crippen molar-refractivity contribution in [1.29, 1.82) is 0 Å². The van der Waals surface area contributed by atoms with Crippen LogP contribution in [0, 0.1) is 0 Å². The lowest BCUT2D eigenvalue weighted by Gasteiger charge is -2.08. The Balaban J connectivity index is 1.34. The fraction of sp³-hybridized carbons (Fsp3) is 0.483. The monoisotopic (exact) mass is 477 g/mol. The van der Waals surface area contributed by atoms with Gasteiger partial charge in [0.15, 0.2) is 5.78 Å². The molecule has 2 aromatic carbocycles. The van der Waals surface area contributed by atoms with Gasteiger partial charge in [-0.3, -0.25) is 9.48 Å². The number of aryl methyl sites for hydroxylation is 1. The van der Waals surface area contributed by atoms with E-state index in [1.54, 1.807) is 12.1 Å². The number of carbonyl (C=O) groups excluding carboxylic acids is 1. The topological polar surface area (TPSA) is 77.2 Å². The van der Waals surface area contributed by atoms with Crippen LogP contribution in [0.15, 0.2) is 54.7 Å². The molecule has 3 aromatic rings. The number of hydrogen-bond acceptors (Lipinski definition) is 5. The number of aromatic nitrogens is 3. The first-order chi connectivity index (χ1) is 17.2. The Labute approximate surface area is 209 Å². The number of aromatic hydroxyl groups is 1. The summed E-state index contributed by atoms with van der Waals surface area (Å²) in [7, 11) is 0. The Morgan fingerprint density at radius 3 is 2.29 bits per heavy atom. The molecule has 1 aromatic heterocycles. The van der Waals surface area contributed by atoms with Crippen molar-refractivity contribution in [3.05, 3.63) is 71.5 Å². The fourth-order valence-corrected chi connectivity index (χ4v) is 4.15. The van der Waals surface area contributed by atoms with E-state index in [2.05, 4.69) is 17.2 Å². The maximum absolute atomic E-state index is 12.5. The Bertz CT molecular complexity index is 1020. The highest BCUT2D eigenvalue weighted by Crippen LogP contribution is 2.25. The molecule has 0 radical (unpaired) electrons. The van der Waals surface area contributed by atoms with E-state index in [4.69, 9.17) is 4.74 Å². The van der Waals surface area contributed by atoms with E-state index in [1.165, 1.54) is 63.9 Å². The number of carbonyl (C=O) groups is 1. The molecule has 0 aliphatic carbocycles. The van der Waals surface area contributed by atoms with E-state index in [1.807, 2.05) is 41.2 Å². The average Bonchev–Trinajstić information content (AvgIpc) is 3.32. The van der Waals surface area contributed by atoms with E-state index >= 15 is 0 Å². The number of ether oxygens (including phenoxy) is 1. The number of phenolic OH excluding ortho intramolecular Hbond substituents is 1. The zero-order valence-electron chi connectivity index (χ0n) is 21.0. The van der Waals surface area contributed by atoms with Gasteiger partial charge in [0.2, 0.25) is 0 Å². The van der Waals surface area contributed by atoms with Crippen LogP contribution >= 0.6 is 0 Å². The molecule has 0 aliphatic heterocycles. The first kappa shape index (κ1) is 26.5. The summed E-state index contributed by atoms with van der Waals surface area (Å²) in [6.07, 6.45) is 15.3. The van der Waals surface area contributed by atoms with Crippen molar-refractivity contribution >= 4 is 5.78 Å². The Morgan fingerprint density at radius 1 is 0.914 bits per heavy atom. The summed E-state index contributed by atoms with van der Waals surface area (Å²) in [6.45, 7) is 3.38. The van der Waals surface area contributed by atoms with Crippen LogP contribution in [-0.2, 0) is 19.6 Å². The normalized spacial score (nSPS) is 11.0. The lowest BCUT2D eigenvalue weighted by Crippen LogP contribution is -2.04. The lowest BCUT2D eigenvalue weighted by atomic mass is 10.0. The highest BCUT2D eigenvalue weighted by molar-refractivity contribution is 6.00. The second-order valence-electron chi connectivity index (χ2n) is 9.21. The molecule has 1 heterocycles. The van der Waals surface area contributed by atoms with E-state index < -0.39 is 0 Å². The summed E-state index contributed by atoms with van der Waals surface area (Å²) >= 11 is 0. The molecule has 1 N–H and O–H groups in total. The van der Waals surface area contributed by atoms with Crippen molar-refractivity contribution in [2.45, 2.75) is 90.7 Å². The van der Waals surface area contributed by atoms with Gasteiger partial charge < -0.3 is 9.84 Å². The molecule has 0 unspecified atom stereocenters. The highest BCUT2D eigenvalue weighted by atomic mass is 16.5. The van der Waals surface area contributed by atoms with Gasteiger partial charge >= 0.3 is 0 Å². The summed E-state index contributed by atoms with van der Waals surface area (Å²) in [5, 5.41) is 18.7. The summed E-state index contributed by atoms with van der Waals surface area (Å²) in [5.41, 5.74) is 1.95. The maximum Gasteiger partial charge on any atom is 0.170 e. The van der Waals surface area contributed by atoms with Crippen molar-refractivity contribution in [3.63, 3.8) is 0 Å². The molecule has 188 valence electrons. The average molecular weight is 478 g/mol. The summed E-state index contributed by atoms with van der Waals surface area (Å²) in [4.78, 5) is 12.5. The predicted octanol–water partition coefficient (Wildman–Crippen LogP) is 6.91. The molecule has 6 nitrogen and oxygen atoms in total. The van der Waals surface area contributed by atoms with Crippen molar-refractivity contribution in [2.75, 3.05) is 0 Å². The number of hydrogen-bond donors (Lipinski definition) is 1. The van der Waals surface area contributed by atoms with Gasteiger partial charge in [0.05, 0.1) is 11.8 Å². The van der Waals surface area contributed by atoms with Gasteiger partial charge in [-0.2, -0.15) is 0 Å². The minimum Gasteiger partial charge on any atom is -0.507 e. The molecular formula is C29H39N3O3. The number of nitrogens with zero attached hydrogens (tertiary/aromatic N) is 3. The second kappa shape index (κ2) is 15.0. The number of phenols is 1. The van der Waals surface area contributed by atoms with Crippen molar-refractivity contribution in [3.8, 4) is 11.5 Å². The molecule has 0 bridgehead atoms. The van der Waals surface area contributed by atoms with Gasteiger partial charge in [-0.15, -0.1) is 5.10 Å². The summed E-state index contributed by atoms with van der Waals surface area (Å²) < 4.78 is 7.62. The van der Waals surface area contributed by atoms with Crippen molar-refractivity contribution in [1.82, 2.24) is 15.0 Å². The minimum absolute atomic E-state index is 0.0759. The molecule has 0 atom stereocenters. The standard InChI is InChI=1S/C29H39N3O3/c1-2-3-4-5-6-7-8-9-10-14-19-32-22-25(30-31-32)23-35-26-17-18-27(29(34)21-26)28(33)20-24-15-12-11-13-16-24/h11-13,15-18,21-22,34H,2-10,14,19-20,23H2,1H3. The van der Waals surface area contributed by atoms with Gasteiger partial charge in [0, 0.05) is 19.0 Å². The van der Waals surface area contributed by atoms with E-state index in [0.29, 0.717) is 11.3 Å². The summed E-state index contributed by atoms with van der Waals surface area (Å²) in [6, 6.07) is 14.3. The molecule has 0 saturated heterocycles. The quantitative estimate of drug-likeness (QED) is 0.169. The van der Waals surface area contributed by atoms with Crippen molar-refractivity contribution in [2.24, 2.45) is 0 Å². The third kappa shape index (κ3) is 9.55. The molecular weight excluding hydrogens is 438 g/mol. The van der Waals surface area contributed by atoms with Gasteiger partial charge in [0.25, 0.3) is 0 Å². The first-order valence-corrected chi connectivity index (χ1v) is 13.1. The van der Waals surface area contributed by atoms with E-state index in [0.717, 1.165) is 24.2 Å². The van der Waals surface area contributed by atoms with Crippen LogP contribution < -0.4 is 4.74 Å². The Morgan fingerprint density at radius 2 is 1.60 bits per heavy atom. The van der Waals surface area contributed by atoms with Crippen LogP contribution in [0.25, 0.3) is 0 Å². The van der Waals surface area contributed by atoms with Crippen LogP contribution in [0.1, 0.15) is 92.7 Å². The Kier molecular flexibility index (Phi) is 11.3. The number of ketones is 1. The second-order valence-corrected chi connectivity index (χ2v) is 9.21. The molecule has 0 amide bonds. The van der Waals surface area contributed by atoms with Crippen LogP contribution in [0.2, 0.25) is 0 Å². The molecule has 0 spiro atoms. The van der Waals surface area contributed by atoms with Crippen LogP contribution in [-0.4, -0.2) is 25.9 Å². The number of rotatable bonds is 17. The maximum atomic E-state index is 12.5. The zero-order chi connectivity index (χ0) is 24.7. The van der Waals surface area contributed by atoms with Gasteiger partial charge in [0.1, 0.15) is 23.8 Å². The van der Waals surface area contributed by atoms with Gasteiger partial charge in [-0.25, -0.2) is 0 Å². The summed E-state index contributed by atoms with van der Waals surface area (Å²) in [5.74, 6) is 0.284. The van der Waals surface area contributed by atoms with Gasteiger partial charge in [-0.1, -0.05) is 100 Å². The zero-order valence-corrected chi connectivity index (χ0v) is 21.0. The minimum atomic E-state index is -0.129. The van der Waals surface area contributed by atoms with Crippen LogP contribution in [0.5, 0.6) is 11.5 Å². The third-order valence-electron chi connectivity index (χ3n) is 6.19.